The van der Waals surface area contributed by atoms with Crippen molar-refractivity contribution in [2.75, 3.05) is 4.90 Å². The molecule has 0 aliphatic heterocycles. The maximum Gasteiger partial charge on any atom is 0.0554 e. The van der Waals surface area contributed by atoms with Crippen LogP contribution in [0.15, 0.2) is 188 Å². The monoisotopic (exact) mass is 877 g/mol. The van der Waals surface area contributed by atoms with Crippen molar-refractivity contribution in [2.24, 2.45) is 23.7 Å². The van der Waals surface area contributed by atoms with E-state index >= 15 is 0 Å². The minimum atomic E-state index is -0.106. The molecule has 0 atom stereocenters. The van der Waals surface area contributed by atoms with Gasteiger partial charge in [-0.3, -0.25) is 0 Å². The molecule has 4 fully saturated rings. The van der Waals surface area contributed by atoms with Gasteiger partial charge in [-0.2, -0.15) is 0 Å². The van der Waals surface area contributed by atoms with E-state index in [2.05, 4.69) is 207 Å². The second-order valence-electron chi connectivity index (χ2n) is 21.2. The molecule has 0 unspecified atom stereocenters. The lowest BCUT2D eigenvalue weighted by Crippen LogP contribution is -2.55. The van der Waals surface area contributed by atoms with E-state index in [4.69, 9.17) is 0 Å². The predicted molar refractivity (Wildman–Crippen MR) is 283 cm³/mol. The van der Waals surface area contributed by atoms with E-state index in [0.717, 1.165) is 11.8 Å². The molecule has 6 aliphatic rings. The summed E-state index contributed by atoms with van der Waals surface area (Å²) >= 11 is 1.93. The Bertz CT molecular complexity index is 3670. The van der Waals surface area contributed by atoms with Gasteiger partial charge in [0.25, 0.3) is 0 Å². The fourth-order valence-corrected chi connectivity index (χ4v) is 16.5. The molecule has 9 aromatic carbocycles. The maximum atomic E-state index is 2.67. The molecule has 0 amide bonds. The Kier molecular flexibility index (Phi) is 7.97. The summed E-state index contributed by atoms with van der Waals surface area (Å²) in [7, 11) is 0. The smallest absolute Gasteiger partial charge is 0.0554 e. The standard InChI is InChI=1S/C65H51NS/c1-64(2)56-21-9-7-18-51(56)54-20-11-19-53(62(54)64)49-16-6-5-14-47(49)42-25-28-45(29-26-42)66(59-23-12-24-60-61(59)55-31-27-41-13-3-4-15-48(41)63(55)67-60)46-30-32-52-50-17-8-10-22-57(50)65(58(52)38-46)43-34-39-33-40(36-43)37-44(65)35-39/h3-32,38-40,43-44H,33-37H2,1-2H3. The van der Waals surface area contributed by atoms with E-state index in [1.165, 1.54) is 136 Å². The van der Waals surface area contributed by atoms with E-state index in [-0.39, 0.29) is 10.8 Å². The zero-order valence-corrected chi connectivity index (χ0v) is 38.9. The predicted octanol–water partition coefficient (Wildman–Crippen LogP) is 18.0. The number of nitrogens with zero attached hydrogens (tertiary/aromatic N) is 1. The summed E-state index contributed by atoms with van der Waals surface area (Å²) in [4.78, 5) is 2.61. The van der Waals surface area contributed by atoms with Gasteiger partial charge in [-0.15, -0.1) is 11.3 Å². The Morgan fingerprint density at radius 1 is 0.448 bits per heavy atom. The minimum Gasteiger partial charge on any atom is -0.310 e. The van der Waals surface area contributed by atoms with Crippen LogP contribution in [0.4, 0.5) is 17.1 Å². The van der Waals surface area contributed by atoms with Crippen LogP contribution in [0.2, 0.25) is 0 Å². The van der Waals surface area contributed by atoms with Gasteiger partial charge in [0, 0.05) is 42.4 Å². The average molecular weight is 878 g/mol. The van der Waals surface area contributed by atoms with Crippen LogP contribution >= 0.6 is 11.3 Å². The van der Waals surface area contributed by atoms with Crippen molar-refractivity contribution in [3.05, 3.63) is 210 Å². The van der Waals surface area contributed by atoms with Gasteiger partial charge in [-0.05, 0) is 170 Å². The largest absolute Gasteiger partial charge is 0.310 e. The molecule has 0 N–H and O–H groups in total. The van der Waals surface area contributed by atoms with Crippen molar-refractivity contribution in [3.63, 3.8) is 0 Å². The Morgan fingerprint density at radius 2 is 1.04 bits per heavy atom. The van der Waals surface area contributed by atoms with Crippen molar-refractivity contribution in [1.29, 1.82) is 0 Å². The summed E-state index contributed by atoms with van der Waals surface area (Å²) in [5.74, 6) is 3.22. The first kappa shape index (κ1) is 38.4. The highest BCUT2D eigenvalue weighted by Gasteiger charge is 2.61. The van der Waals surface area contributed by atoms with Crippen molar-refractivity contribution < 1.29 is 0 Å². The Labute approximate surface area is 397 Å². The molecule has 6 aliphatic carbocycles. The third-order valence-electron chi connectivity index (χ3n) is 17.6. The highest BCUT2D eigenvalue weighted by molar-refractivity contribution is 7.26. The first-order valence-corrected chi connectivity index (χ1v) is 25.6. The van der Waals surface area contributed by atoms with Crippen molar-refractivity contribution in [2.45, 2.75) is 56.8 Å². The quantitative estimate of drug-likeness (QED) is 0.166. The normalized spacial score (nSPS) is 22.4. The van der Waals surface area contributed by atoms with Crippen LogP contribution in [0.3, 0.4) is 0 Å². The molecule has 67 heavy (non-hydrogen) atoms. The molecule has 1 spiro atoms. The minimum absolute atomic E-state index is 0.0855. The van der Waals surface area contributed by atoms with Crippen LogP contribution in [-0.4, -0.2) is 0 Å². The number of fused-ring (bicyclic) bond motifs is 11. The van der Waals surface area contributed by atoms with Crippen molar-refractivity contribution in [1.82, 2.24) is 0 Å². The molecular formula is C65H51NS. The number of hydrogen-bond acceptors (Lipinski definition) is 2. The lowest BCUT2D eigenvalue weighted by Gasteiger charge is -2.61. The molecule has 0 saturated heterocycles. The lowest BCUT2D eigenvalue weighted by atomic mass is 9.43. The molecule has 4 saturated carbocycles. The van der Waals surface area contributed by atoms with Gasteiger partial charge >= 0.3 is 0 Å². The summed E-state index contributed by atoms with van der Waals surface area (Å²) in [5, 5.41) is 5.29. The van der Waals surface area contributed by atoms with E-state index in [0.29, 0.717) is 11.8 Å². The molecule has 322 valence electrons. The van der Waals surface area contributed by atoms with Crippen LogP contribution < -0.4 is 4.90 Å². The fourth-order valence-electron chi connectivity index (χ4n) is 15.3. The maximum absolute atomic E-state index is 2.67. The second-order valence-corrected chi connectivity index (χ2v) is 22.2. The van der Waals surface area contributed by atoms with Gasteiger partial charge in [0.2, 0.25) is 0 Å². The highest BCUT2D eigenvalue weighted by Crippen LogP contribution is 2.70. The van der Waals surface area contributed by atoms with Crippen molar-refractivity contribution >= 4 is 59.3 Å². The topological polar surface area (TPSA) is 3.24 Å². The molecule has 10 aromatic rings. The summed E-state index contributed by atoms with van der Waals surface area (Å²) in [6.45, 7) is 4.80. The lowest BCUT2D eigenvalue weighted by molar-refractivity contribution is -0.0399. The van der Waals surface area contributed by atoms with Gasteiger partial charge in [-0.25, -0.2) is 0 Å². The van der Waals surface area contributed by atoms with Crippen LogP contribution in [0.1, 0.15) is 68.2 Å². The third-order valence-corrected chi connectivity index (χ3v) is 18.8. The average Bonchev–Trinajstić information content (AvgIpc) is 3.98. The second kappa shape index (κ2) is 13.9. The van der Waals surface area contributed by atoms with Gasteiger partial charge < -0.3 is 4.90 Å². The van der Waals surface area contributed by atoms with Crippen LogP contribution in [0, 0.1) is 23.7 Å². The number of hydrogen-bond donors (Lipinski definition) is 0. The molecule has 0 radical (unpaired) electrons. The number of benzene rings is 9. The summed E-state index contributed by atoms with van der Waals surface area (Å²) in [6, 6.07) is 72.2. The summed E-state index contributed by atoms with van der Waals surface area (Å²) in [6.07, 6.45) is 6.97. The van der Waals surface area contributed by atoms with E-state index < -0.39 is 0 Å². The van der Waals surface area contributed by atoms with Gasteiger partial charge in [0.1, 0.15) is 0 Å². The van der Waals surface area contributed by atoms with Crippen LogP contribution in [-0.2, 0) is 10.8 Å². The third kappa shape index (κ3) is 5.20. The number of rotatable bonds is 5. The number of anilines is 3. The molecule has 4 bridgehead atoms. The SMILES string of the molecule is CC1(C)c2ccccc2-c2cccc(-c3ccccc3-c3ccc(N(c4ccc5c(c4)C4(c6ccccc6-5)C5CC6CC(C5)CC4C6)c4cccc5sc6c7ccccc7ccc6c45)cc3)c21. The Hall–Kier alpha value is -6.74. The molecule has 2 heteroatoms. The van der Waals surface area contributed by atoms with Crippen LogP contribution in [0.25, 0.3) is 75.5 Å². The summed E-state index contributed by atoms with van der Waals surface area (Å²) < 4.78 is 2.69. The molecule has 16 rings (SSSR count). The highest BCUT2D eigenvalue weighted by atomic mass is 32.1. The molecule has 1 aromatic heterocycles. The van der Waals surface area contributed by atoms with Crippen LogP contribution in [0.5, 0.6) is 0 Å². The van der Waals surface area contributed by atoms with Crippen molar-refractivity contribution in [3.8, 4) is 44.5 Å². The summed E-state index contributed by atoms with van der Waals surface area (Å²) in [5.41, 5.74) is 20.4. The van der Waals surface area contributed by atoms with Gasteiger partial charge in [-0.1, -0.05) is 166 Å². The molecule has 1 heterocycles. The Balaban J connectivity index is 0.922. The van der Waals surface area contributed by atoms with E-state index in [1.54, 1.807) is 11.1 Å². The fraction of sp³-hybridized carbons (Fsp3) is 0.200. The van der Waals surface area contributed by atoms with Gasteiger partial charge in [0.05, 0.1) is 5.69 Å². The molecule has 1 nitrogen and oxygen atoms in total. The first-order chi connectivity index (χ1) is 32.9. The van der Waals surface area contributed by atoms with Gasteiger partial charge in [0.15, 0.2) is 0 Å². The van der Waals surface area contributed by atoms with E-state index in [1.807, 2.05) is 11.3 Å². The Morgan fingerprint density at radius 3 is 1.82 bits per heavy atom. The zero-order chi connectivity index (χ0) is 44.2. The molecular weight excluding hydrogens is 827 g/mol. The van der Waals surface area contributed by atoms with E-state index in [9.17, 15) is 0 Å². The number of thiophene rings is 1. The zero-order valence-electron chi connectivity index (χ0n) is 38.1. The first-order valence-electron chi connectivity index (χ1n) is 24.8.